The molecule has 68 valence electrons. The van der Waals surface area contributed by atoms with Gasteiger partial charge in [-0.25, -0.2) is 0 Å². The summed E-state index contributed by atoms with van der Waals surface area (Å²) in [5.74, 6) is 0. The molecule has 0 aromatic carbocycles. The van der Waals surface area contributed by atoms with Crippen LogP contribution in [-0.4, -0.2) is 39.1 Å². The fraction of sp³-hybridized carbons (Fsp3) is 1.00. The Balaban J connectivity index is 2.35. The molecule has 0 bridgehead atoms. The molecule has 0 saturated carbocycles. The molecule has 0 unspecified atom stereocenters. The van der Waals surface area contributed by atoms with Gasteiger partial charge >= 0.3 is 0 Å². The largest absolute Gasteiger partial charge is 0.359 e. The maximum Gasteiger partial charge on any atom is 0.146 e. The van der Waals surface area contributed by atoms with Crippen LogP contribution in [0.25, 0.3) is 10.4 Å². The van der Waals surface area contributed by atoms with Gasteiger partial charge in [0.2, 0.25) is 0 Å². The first-order chi connectivity index (χ1) is 5.88. The highest BCUT2D eigenvalue weighted by Crippen LogP contribution is 2.08. The maximum absolute atomic E-state index is 8.21. The van der Waals surface area contributed by atoms with E-state index in [1.807, 2.05) is 0 Å². The quantitative estimate of drug-likeness (QED) is 0.286. The van der Waals surface area contributed by atoms with Crippen LogP contribution in [0.4, 0.5) is 0 Å². The lowest BCUT2D eigenvalue weighted by atomic mass is 10.2. The molecule has 1 aliphatic heterocycles. The molecular weight excluding hydrogens is 160 g/mol. The number of ether oxygens (including phenoxy) is 2. The van der Waals surface area contributed by atoms with E-state index in [0.29, 0.717) is 13.1 Å². The van der Waals surface area contributed by atoms with E-state index in [4.69, 9.17) is 15.0 Å². The monoisotopic (exact) mass is 172 g/mol. The summed E-state index contributed by atoms with van der Waals surface area (Å²) < 4.78 is 10.0. The Kier molecular flexibility index (Phi) is 3.83. The van der Waals surface area contributed by atoms with Gasteiger partial charge in [0.05, 0.1) is 12.1 Å². The van der Waals surface area contributed by atoms with E-state index in [1.165, 1.54) is 0 Å². The van der Waals surface area contributed by atoms with Crippen molar-refractivity contribution in [1.29, 1.82) is 0 Å². The van der Waals surface area contributed by atoms with Gasteiger partial charge in [0.15, 0.2) is 0 Å². The first kappa shape index (κ1) is 9.28. The second-order valence-corrected chi connectivity index (χ2v) is 2.54. The molecule has 6 heteroatoms. The van der Waals surface area contributed by atoms with Crippen LogP contribution in [0.5, 0.6) is 0 Å². The maximum atomic E-state index is 8.21. The van der Waals surface area contributed by atoms with Crippen molar-refractivity contribution in [1.82, 2.24) is 5.32 Å². The van der Waals surface area contributed by atoms with Gasteiger partial charge in [-0.15, -0.1) is 0 Å². The predicted molar refractivity (Wildman–Crippen MR) is 42.6 cm³/mol. The molecule has 1 rings (SSSR count). The van der Waals surface area contributed by atoms with E-state index in [9.17, 15) is 0 Å². The normalized spacial score (nSPS) is 28.4. The molecule has 0 aromatic rings. The molecule has 0 spiro atoms. The van der Waals surface area contributed by atoms with Crippen LogP contribution in [0.2, 0.25) is 0 Å². The third-order valence-electron chi connectivity index (χ3n) is 1.73. The van der Waals surface area contributed by atoms with Gasteiger partial charge in [-0.2, -0.15) is 0 Å². The van der Waals surface area contributed by atoms with Gasteiger partial charge in [0, 0.05) is 25.1 Å². The number of nitrogens with one attached hydrogen (secondary N) is 1. The Hall–Kier alpha value is -0.810. The Labute approximate surface area is 70.5 Å². The van der Waals surface area contributed by atoms with Gasteiger partial charge in [0.1, 0.15) is 6.79 Å². The molecule has 0 aromatic heterocycles. The lowest BCUT2D eigenvalue weighted by molar-refractivity contribution is -0.0685. The SMILES string of the molecule is COCO[C@@H]1CNC[C@@H]1N=[N+]=[N-]. The highest BCUT2D eigenvalue weighted by atomic mass is 16.7. The molecule has 2 atom stereocenters. The van der Waals surface area contributed by atoms with Gasteiger partial charge in [-0.05, 0) is 5.53 Å². The van der Waals surface area contributed by atoms with E-state index in [-0.39, 0.29) is 18.9 Å². The minimum Gasteiger partial charge on any atom is -0.359 e. The van der Waals surface area contributed by atoms with Crippen LogP contribution < -0.4 is 5.32 Å². The first-order valence-electron chi connectivity index (χ1n) is 3.74. The molecule has 0 radical (unpaired) electrons. The molecule has 1 saturated heterocycles. The van der Waals surface area contributed by atoms with Crippen LogP contribution in [-0.2, 0) is 9.47 Å². The minimum absolute atomic E-state index is 0.0548. The molecule has 1 heterocycles. The van der Waals surface area contributed by atoms with Gasteiger partial charge in [-0.3, -0.25) is 0 Å². The lowest BCUT2D eigenvalue weighted by Crippen LogP contribution is -2.26. The Morgan fingerprint density at radius 1 is 1.67 bits per heavy atom. The summed E-state index contributed by atoms with van der Waals surface area (Å²) in [5, 5.41) is 6.67. The lowest BCUT2D eigenvalue weighted by Gasteiger charge is -2.13. The summed E-state index contributed by atoms with van der Waals surface area (Å²) in [6, 6.07) is -0.106. The fourth-order valence-electron chi connectivity index (χ4n) is 1.15. The van der Waals surface area contributed by atoms with Gasteiger partial charge in [-0.1, -0.05) is 5.11 Å². The summed E-state index contributed by atoms with van der Waals surface area (Å²) >= 11 is 0. The average Bonchev–Trinajstić information content (AvgIpc) is 2.50. The average molecular weight is 172 g/mol. The van der Waals surface area contributed by atoms with Crippen molar-refractivity contribution in [2.45, 2.75) is 12.1 Å². The zero-order valence-electron chi connectivity index (χ0n) is 6.93. The number of rotatable bonds is 4. The van der Waals surface area contributed by atoms with Crippen molar-refractivity contribution in [3.63, 3.8) is 0 Å². The fourth-order valence-corrected chi connectivity index (χ4v) is 1.15. The Morgan fingerprint density at radius 3 is 3.17 bits per heavy atom. The van der Waals surface area contributed by atoms with E-state index >= 15 is 0 Å². The van der Waals surface area contributed by atoms with Crippen molar-refractivity contribution < 1.29 is 9.47 Å². The minimum atomic E-state index is -0.106. The summed E-state index contributed by atoms with van der Waals surface area (Å²) in [6.07, 6.45) is -0.0548. The molecule has 0 amide bonds. The molecule has 1 fully saturated rings. The van der Waals surface area contributed by atoms with Crippen LogP contribution in [0.3, 0.4) is 0 Å². The van der Waals surface area contributed by atoms with E-state index in [0.717, 1.165) is 0 Å². The van der Waals surface area contributed by atoms with E-state index < -0.39 is 0 Å². The van der Waals surface area contributed by atoms with Crippen LogP contribution >= 0.6 is 0 Å². The number of methoxy groups -OCH3 is 1. The standard InChI is InChI=1S/C6H12N4O2/c1-11-4-12-6-3-8-2-5(6)9-10-7/h5-6,8H,2-4H2,1H3/t5-,6+/m0/s1. The van der Waals surface area contributed by atoms with E-state index in [1.54, 1.807) is 7.11 Å². The Bertz CT molecular complexity index is 180. The van der Waals surface area contributed by atoms with Gasteiger partial charge in [0.25, 0.3) is 0 Å². The van der Waals surface area contributed by atoms with Crippen LogP contribution in [0, 0.1) is 0 Å². The van der Waals surface area contributed by atoms with Crippen molar-refractivity contribution in [2.24, 2.45) is 5.11 Å². The summed E-state index contributed by atoms with van der Waals surface area (Å²) in [5.41, 5.74) is 8.21. The number of hydrogen-bond acceptors (Lipinski definition) is 4. The zero-order valence-corrected chi connectivity index (χ0v) is 6.93. The summed E-state index contributed by atoms with van der Waals surface area (Å²) in [4.78, 5) is 2.74. The van der Waals surface area contributed by atoms with Gasteiger partial charge < -0.3 is 14.8 Å². The molecule has 1 N–H and O–H groups in total. The Morgan fingerprint density at radius 2 is 2.50 bits per heavy atom. The third-order valence-corrected chi connectivity index (χ3v) is 1.73. The van der Waals surface area contributed by atoms with Crippen molar-refractivity contribution >= 4 is 0 Å². The molecule has 0 aliphatic carbocycles. The number of azide groups is 1. The predicted octanol–water partition coefficient (Wildman–Crippen LogP) is 0.258. The molecule has 1 aliphatic rings. The highest BCUT2D eigenvalue weighted by molar-refractivity contribution is 4.87. The second-order valence-electron chi connectivity index (χ2n) is 2.54. The highest BCUT2D eigenvalue weighted by Gasteiger charge is 2.26. The number of hydrogen-bond donors (Lipinski definition) is 1. The second kappa shape index (κ2) is 4.95. The topological polar surface area (TPSA) is 79.2 Å². The van der Waals surface area contributed by atoms with Crippen LogP contribution in [0.15, 0.2) is 5.11 Å². The van der Waals surface area contributed by atoms with E-state index in [2.05, 4.69) is 15.3 Å². The van der Waals surface area contributed by atoms with Crippen molar-refractivity contribution in [3.8, 4) is 0 Å². The van der Waals surface area contributed by atoms with Crippen LogP contribution in [0.1, 0.15) is 0 Å². The molecule has 6 nitrogen and oxygen atoms in total. The smallest absolute Gasteiger partial charge is 0.146 e. The summed E-state index contributed by atoms with van der Waals surface area (Å²) in [7, 11) is 1.56. The number of nitrogens with zero attached hydrogens (tertiary/aromatic N) is 3. The first-order valence-corrected chi connectivity index (χ1v) is 3.74. The van der Waals surface area contributed by atoms with Crippen molar-refractivity contribution in [2.75, 3.05) is 27.0 Å². The summed E-state index contributed by atoms with van der Waals surface area (Å²) in [6.45, 7) is 1.63. The molecular formula is C6H12N4O2. The van der Waals surface area contributed by atoms with Crippen molar-refractivity contribution in [3.05, 3.63) is 10.4 Å². The third kappa shape index (κ3) is 2.35. The zero-order chi connectivity index (χ0) is 8.81. The molecule has 12 heavy (non-hydrogen) atoms.